The molecule has 0 aromatic carbocycles. The van der Waals surface area contributed by atoms with E-state index in [0.29, 0.717) is 18.6 Å². The molecule has 120 valence electrons. The first-order chi connectivity index (χ1) is 10.1. The minimum absolute atomic E-state index is 0.407. The van der Waals surface area contributed by atoms with Gasteiger partial charge in [0.05, 0.1) is 6.61 Å². The Morgan fingerprint density at radius 2 is 1.90 bits per heavy atom. The van der Waals surface area contributed by atoms with E-state index < -0.39 is 0 Å². The fourth-order valence-corrected chi connectivity index (χ4v) is 2.02. The molecular weight excluding hydrogens is 264 g/mol. The molecule has 1 aromatic heterocycles. The molecule has 0 bridgehead atoms. The summed E-state index contributed by atoms with van der Waals surface area (Å²) >= 11 is 0. The molecule has 0 fully saturated rings. The van der Waals surface area contributed by atoms with Gasteiger partial charge in [-0.2, -0.15) is 0 Å². The minimum atomic E-state index is 0.407. The van der Waals surface area contributed by atoms with Gasteiger partial charge in [-0.3, -0.25) is 0 Å². The Hall–Kier alpha value is -1.20. The maximum Gasteiger partial charge on any atom is 0.225 e. The lowest BCUT2D eigenvalue weighted by Gasteiger charge is -2.28. The second-order valence-corrected chi connectivity index (χ2v) is 5.86. The normalized spacial score (nSPS) is 12.7. The summed E-state index contributed by atoms with van der Waals surface area (Å²) in [6.45, 7) is 12.1. The predicted molar refractivity (Wildman–Crippen MR) is 87.6 cm³/mol. The van der Waals surface area contributed by atoms with E-state index in [1.54, 1.807) is 7.11 Å². The molecule has 0 saturated heterocycles. The molecule has 1 aromatic rings. The molecule has 1 atom stereocenters. The third-order valence-electron chi connectivity index (χ3n) is 3.49. The summed E-state index contributed by atoms with van der Waals surface area (Å²) in [6, 6.07) is 0.407. The molecule has 5 heteroatoms. The number of anilines is 1. The van der Waals surface area contributed by atoms with Crippen LogP contribution in [-0.4, -0.2) is 42.8 Å². The quantitative estimate of drug-likeness (QED) is 0.718. The van der Waals surface area contributed by atoms with Crippen LogP contribution in [0.4, 0.5) is 5.95 Å². The molecule has 1 rings (SSSR count). The number of rotatable bonds is 10. The van der Waals surface area contributed by atoms with Crippen molar-refractivity contribution >= 4 is 5.95 Å². The Morgan fingerprint density at radius 1 is 1.24 bits per heavy atom. The van der Waals surface area contributed by atoms with Crippen molar-refractivity contribution in [2.75, 3.05) is 31.7 Å². The van der Waals surface area contributed by atoms with E-state index in [-0.39, 0.29) is 0 Å². The smallest absolute Gasteiger partial charge is 0.225 e. The number of nitrogens with zero attached hydrogens (tertiary/aromatic N) is 3. The van der Waals surface area contributed by atoms with Crippen LogP contribution in [0.15, 0.2) is 12.4 Å². The SMILES string of the molecule is CCC(C)N(CCOC)c1ncc(CNCC(C)C)cn1. The van der Waals surface area contributed by atoms with Gasteiger partial charge in [0.1, 0.15) is 0 Å². The molecule has 21 heavy (non-hydrogen) atoms. The second kappa shape index (κ2) is 9.68. The van der Waals surface area contributed by atoms with Crippen molar-refractivity contribution in [3.05, 3.63) is 18.0 Å². The summed E-state index contributed by atoms with van der Waals surface area (Å²) < 4.78 is 5.18. The molecule has 0 aliphatic rings. The third kappa shape index (κ3) is 6.40. The first-order valence-electron chi connectivity index (χ1n) is 7.85. The molecule has 1 N–H and O–H groups in total. The highest BCUT2D eigenvalue weighted by Crippen LogP contribution is 2.13. The third-order valence-corrected chi connectivity index (χ3v) is 3.49. The van der Waals surface area contributed by atoms with Gasteiger partial charge in [0.2, 0.25) is 5.95 Å². The number of ether oxygens (including phenoxy) is 1. The van der Waals surface area contributed by atoms with Crippen LogP contribution >= 0.6 is 0 Å². The van der Waals surface area contributed by atoms with Crippen LogP contribution in [0.1, 0.15) is 39.7 Å². The Balaban J connectivity index is 2.64. The van der Waals surface area contributed by atoms with Gasteiger partial charge in [0, 0.05) is 44.2 Å². The number of hydrogen-bond donors (Lipinski definition) is 1. The zero-order valence-corrected chi connectivity index (χ0v) is 14.1. The maximum absolute atomic E-state index is 5.18. The van der Waals surface area contributed by atoms with Gasteiger partial charge in [-0.05, 0) is 25.8 Å². The highest BCUT2D eigenvalue weighted by molar-refractivity contribution is 5.31. The molecule has 1 unspecified atom stereocenters. The molecule has 0 saturated carbocycles. The first-order valence-corrected chi connectivity index (χ1v) is 7.85. The molecule has 0 radical (unpaired) electrons. The standard InChI is InChI=1S/C16H30N4O/c1-6-14(4)20(7-8-21-5)16-18-11-15(12-19-16)10-17-9-13(2)3/h11-14,17H,6-10H2,1-5H3. The maximum atomic E-state index is 5.18. The van der Waals surface area contributed by atoms with Crippen molar-refractivity contribution in [3.63, 3.8) is 0 Å². The first kappa shape index (κ1) is 17.9. The van der Waals surface area contributed by atoms with Gasteiger partial charge in [0.25, 0.3) is 0 Å². The summed E-state index contributed by atoms with van der Waals surface area (Å²) in [7, 11) is 1.72. The van der Waals surface area contributed by atoms with Gasteiger partial charge in [-0.25, -0.2) is 9.97 Å². The molecule has 0 amide bonds. The molecule has 0 aliphatic carbocycles. The number of methoxy groups -OCH3 is 1. The average Bonchev–Trinajstić information content (AvgIpc) is 2.48. The van der Waals surface area contributed by atoms with Crippen LogP contribution in [0.25, 0.3) is 0 Å². The summed E-state index contributed by atoms with van der Waals surface area (Å²) in [4.78, 5) is 11.2. The zero-order chi connectivity index (χ0) is 15.7. The zero-order valence-electron chi connectivity index (χ0n) is 14.1. The van der Waals surface area contributed by atoms with Gasteiger partial charge < -0.3 is 15.0 Å². The van der Waals surface area contributed by atoms with Crippen molar-refractivity contribution in [2.24, 2.45) is 5.92 Å². The number of aromatic nitrogens is 2. The fourth-order valence-electron chi connectivity index (χ4n) is 2.02. The van der Waals surface area contributed by atoms with E-state index in [1.807, 2.05) is 12.4 Å². The Morgan fingerprint density at radius 3 is 2.43 bits per heavy atom. The summed E-state index contributed by atoms with van der Waals surface area (Å²) in [5, 5.41) is 3.40. The van der Waals surface area contributed by atoms with E-state index in [1.165, 1.54) is 0 Å². The van der Waals surface area contributed by atoms with Crippen LogP contribution in [0, 0.1) is 5.92 Å². The Labute approximate surface area is 129 Å². The largest absolute Gasteiger partial charge is 0.383 e. The number of nitrogens with one attached hydrogen (secondary N) is 1. The lowest BCUT2D eigenvalue weighted by molar-refractivity contribution is 0.203. The minimum Gasteiger partial charge on any atom is -0.383 e. The van der Waals surface area contributed by atoms with Crippen molar-refractivity contribution < 1.29 is 4.74 Å². The molecule has 1 heterocycles. The van der Waals surface area contributed by atoms with Crippen LogP contribution in [0.5, 0.6) is 0 Å². The van der Waals surface area contributed by atoms with E-state index in [9.17, 15) is 0 Å². The van der Waals surface area contributed by atoms with Crippen molar-refractivity contribution in [1.29, 1.82) is 0 Å². The molecule has 0 aliphatic heterocycles. The Kier molecular flexibility index (Phi) is 8.23. The molecular formula is C16H30N4O. The van der Waals surface area contributed by atoms with Gasteiger partial charge >= 0.3 is 0 Å². The van der Waals surface area contributed by atoms with Crippen LogP contribution in [0.3, 0.4) is 0 Å². The van der Waals surface area contributed by atoms with Crippen LogP contribution in [0.2, 0.25) is 0 Å². The number of hydrogen-bond acceptors (Lipinski definition) is 5. The average molecular weight is 294 g/mol. The highest BCUT2D eigenvalue weighted by Gasteiger charge is 2.15. The summed E-state index contributed by atoms with van der Waals surface area (Å²) in [5.74, 6) is 1.44. The lowest BCUT2D eigenvalue weighted by Crippen LogP contribution is -2.36. The predicted octanol–water partition coefficient (Wildman–Crippen LogP) is 2.47. The van der Waals surface area contributed by atoms with Gasteiger partial charge in [-0.15, -0.1) is 0 Å². The molecule has 0 spiro atoms. The summed E-state index contributed by atoms with van der Waals surface area (Å²) in [6.07, 6.45) is 4.89. The van der Waals surface area contributed by atoms with Crippen molar-refractivity contribution in [3.8, 4) is 0 Å². The van der Waals surface area contributed by atoms with E-state index in [4.69, 9.17) is 4.74 Å². The van der Waals surface area contributed by atoms with E-state index in [0.717, 1.165) is 37.6 Å². The highest BCUT2D eigenvalue weighted by atomic mass is 16.5. The Bertz CT molecular complexity index is 380. The molecule has 5 nitrogen and oxygen atoms in total. The monoisotopic (exact) mass is 294 g/mol. The topological polar surface area (TPSA) is 50.3 Å². The van der Waals surface area contributed by atoms with E-state index >= 15 is 0 Å². The van der Waals surface area contributed by atoms with Gasteiger partial charge in [0.15, 0.2) is 0 Å². The van der Waals surface area contributed by atoms with Crippen LogP contribution < -0.4 is 10.2 Å². The van der Waals surface area contributed by atoms with Crippen molar-refractivity contribution in [1.82, 2.24) is 15.3 Å². The van der Waals surface area contributed by atoms with E-state index in [2.05, 4.69) is 47.9 Å². The lowest BCUT2D eigenvalue weighted by atomic mass is 10.2. The second-order valence-electron chi connectivity index (χ2n) is 5.86. The van der Waals surface area contributed by atoms with Gasteiger partial charge in [-0.1, -0.05) is 20.8 Å². The fraction of sp³-hybridized carbons (Fsp3) is 0.750. The van der Waals surface area contributed by atoms with Crippen molar-refractivity contribution in [2.45, 2.75) is 46.7 Å². The summed E-state index contributed by atoms with van der Waals surface area (Å²) in [5.41, 5.74) is 1.12. The van der Waals surface area contributed by atoms with Crippen LogP contribution in [-0.2, 0) is 11.3 Å².